The maximum absolute atomic E-state index is 12.9. The summed E-state index contributed by atoms with van der Waals surface area (Å²) in [4.78, 5) is 33.3. The number of aromatic hydroxyl groups is 1. The summed E-state index contributed by atoms with van der Waals surface area (Å²) in [5, 5.41) is 22.2. The molecular formula is C44H53N7O7. The van der Waals surface area contributed by atoms with E-state index in [0.29, 0.717) is 91.0 Å². The van der Waals surface area contributed by atoms with Crippen LogP contribution < -0.4 is 16.0 Å². The number of phenols is 1. The van der Waals surface area contributed by atoms with Gasteiger partial charge in [0.05, 0.1) is 70.9 Å². The molecule has 5 N–H and O–H groups in total. The Hall–Kier alpha value is -5.51. The van der Waals surface area contributed by atoms with Gasteiger partial charge < -0.3 is 54.1 Å². The summed E-state index contributed by atoms with van der Waals surface area (Å²) in [5.41, 5.74) is 7.57. The molecule has 0 fully saturated rings. The molecule has 14 heteroatoms. The smallest absolute Gasteiger partial charge is 0.252 e. The number of para-hydroxylation sites is 1. The second-order valence-corrected chi connectivity index (χ2v) is 14.3. The summed E-state index contributed by atoms with van der Waals surface area (Å²) in [7, 11) is 0. The molecule has 3 aromatic heterocycles. The summed E-state index contributed by atoms with van der Waals surface area (Å²) >= 11 is 0. The average molecular weight is 792 g/mol. The highest BCUT2D eigenvalue weighted by atomic mass is 16.6. The van der Waals surface area contributed by atoms with E-state index in [1.807, 2.05) is 31.5 Å². The van der Waals surface area contributed by atoms with Crippen LogP contribution in [0.15, 0.2) is 85.5 Å². The predicted octanol–water partition coefficient (Wildman–Crippen LogP) is 5.18. The predicted molar refractivity (Wildman–Crippen MR) is 221 cm³/mol. The van der Waals surface area contributed by atoms with Crippen molar-refractivity contribution in [3.63, 3.8) is 0 Å². The lowest BCUT2D eigenvalue weighted by atomic mass is 9.95. The number of nitrogens with one attached hydrogen (secondary N) is 4. The molecule has 7 rings (SSSR count). The van der Waals surface area contributed by atoms with Crippen LogP contribution in [0.4, 0.5) is 0 Å². The first kappa shape index (κ1) is 40.7. The number of rotatable bonds is 24. The van der Waals surface area contributed by atoms with Crippen molar-refractivity contribution in [3.8, 4) is 5.75 Å². The molecule has 4 heterocycles. The molecule has 6 aromatic rings. The van der Waals surface area contributed by atoms with E-state index in [1.165, 1.54) is 0 Å². The summed E-state index contributed by atoms with van der Waals surface area (Å²) in [6, 6.07) is 21.3. The SMILES string of the molecule is CCOCCOCCOCCOCCC(=O)NCCCn1cnc(Cn2ccc3ccc(CNCc4[nH]c5ccccc5c4C4NC(=O)c5ccc(O)cc54)cc32)c1. The molecule has 0 aliphatic carbocycles. The van der Waals surface area contributed by atoms with Gasteiger partial charge in [-0.25, -0.2) is 4.98 Å². The lowest BCUT2D eigenvalue weighted by Crippen LogP contribution is -2.26. The number of amides is 2. The number of carbonyl (C=O) groups is 2. The Morgan fingerprint density at radius 2 is 1.71 bits per heavy atom. The Kier molecular flexibility index (Phi) is 14.2. The Balaban J connectivity index is 0.844. The van der Waals surface area contributed by atoms with Crippen molar-refractivity contribution in [3.05, 3.63) is 119 Å². The number of carbonyl (C=O) groups excluding carboxylic acids is 2. The number of aryl methyl sites for hydroxylation is 1. The Morgan fingerprint density at radius 3 is 2.53 bits per heavy atom. The minimum Gasteiger partial charge on any atom is -0.508 e. The lowest BCUT2D eigenvalue weighted by Gasteiger charge is -2.15. The molecule has 58 heavy (non-hydrogen) atoms. The Labute approximate surface area is 337 Å². The number of hydrogen-bond donors (Lipinski definition) is 5. The van der Waals surface area contributed by atoms with Crippen LogP contribution in [0, 0.1) is 0 Å². The Morgan fingerprint density at radius 1 is 0.914 bits per heavy atom. The van der Waals surface area contributed by atoms with Crippen molar-refractivity contribution < 1.29 is 33.6 Å². The third kappa shape index (κ3) is 10.5. The van der Waals surface area contributed by atoms with Gasteiger partial charge in [-0.3, -0.25) is 9.59 Å². The fourth-order valence-electron chi connectivity index (χ4n) is 7.34. The van der Waals surface area contributed by atoms with Gasteiger partial charge in [0.2, 0.25) is 5.91 Å². The van der Waals surface area contributed by atoms with Gasteiger partial charge in [-0.2, -0.15) is 0 Å². The molecule has 0 radical (unpaired) electrons. The highest BCUT2D eigenvalue weighted by Crippen LogP contribution is 2.38. The molecule has 0 saturated carbocycles. The lowest BCUT2D eigenvalue weighted by molar-refractivity contribution is -0.122. The van der Waals surface area contributed by atoms with Gasteiger partial charge in [-0.05, 0) is 66.3 Å². The van der Waals surface area contributed by atoms with Crippen LogP contribution in [0.5, 0.6) is 5.75 Å². The van der Waals surface area contributed by atoms with E-state index in [-0.39, 0.29) is 23.6 Å². The third-order valence-electron chi connectivity index (χ3n) is 10.2. The van der Waals surface area contributed by atoms with Crippen molar-refractivity contribution >= 4 is 33.6 Å². The van der Waals surface area contributed by atoms with E-state index >= 15 is 0 Å². The molecular weight excluding hydrogens is 739 g/mol. The zero-order valence-corrected chi connectivity index (χ0v) is 33.0. The molecule has 1 aliphatic rings. The standard InChI is InChI=1S/C44H53N7O7/c1-2-55-18-19-57-22-23-58-21-20-56-17-13-41(53)46-14-5-15-50-28-33(47-30-50)29-51-16-12-32-9-8-31(24-40(32)51)26-45-27-39-42(36-6-3-4-7-38(36)48-39)43-37-25-34(52)10-11-35(37)44(54)49-43/h3-4,6-12,16,24-25,28,30,43,45,48,52H,2,5,13-15,17-23,26-27,29H2,1H3,(H,46,53)(H,49,54). The number of phenolic OH excluding ortho intramolecular Hbond substituents is 1. The minimum atomic E-state index is -0.368. The number of fused-ring (bicyclic) bond motifs is 3. The molecule has 0 saturated heterocycles. The Bertz CT molecular complexity index is 2280. The van der Waals surface area contributed by atoms with Crippen molar-refractivity contribution in [2.24, 2.45) is 0 Å². The topological polar surface area (TPSA) is 166 Å². The fraction of sp³-hybridized carbons (Fsp3) is 0.386. The van der Waals surface area contributed by atoms with Gasteiger partial charge in [-0.1, -0.05) is 30.3 Å². The molecule has 14 nitrogen and oxygen atoms in total. The first-order chi connectivity index (χ1) is 28.5. The minimum absolute atomic E-state index is 0.0290. The molecule has 0 spiro atoms. The van der Waals surface area contributed by atoms with Crippen molar-refractivity contribution in [2.75, 3.05) is 59.4 Å². The molecule has 3 aromatic carbocycles. The first-order valence-corrected chi connectivity index (χ1v) is 20.1. The van der Waals surface area contributed by atoms with Crippen LogP contribution in [-0.4, -0.2) is 95.4 Å². The van der Waals surface area contributed by atoms with E-state index < -0.39 is 0 Å². The number of ether oxygens (including phenoxy) is 4. The van der Waals surface area contributed by atoms with Crippen LogP contribution in [0.25, 0.3) is 21.8 Å². The van der Waals surface area contributed by atoms with Crippen LogP contribution in [-0.2, 0) is 49.9 Å². The zero-order valence-electron chi connectivity index (χ0n) is 33.0. The van der Waals surface area contributed by atoms with Gasteiger partial charge >= 0.3 is 0 Å². The quantitative estimate of drug-likeness (QED) is 0.0520. The van der Waals surface area contributed by atoms with Crippen molar-refractivity contribution in [1.82, 2.24) is 35.1 Å². The van der Waals surface area contributed by atoms with E-state index in [9.17, 15) is 14.7 Å². The molecule has 306 valence electrons. The summed E-state index contributed by atoms with van der Waals surface area (Å²) in [6.07, 6.45) is 7.10. The second kappa shape index (κ2) is 20.3. The van der Waals surface area contributed by atoms with E-state index in [1.54, 1.807) is 18.2 Å². The normalized spacial score (nSPS) is 13.7. The summed E-state index contributed by atoms with van der Waals surface area (Å²) < 4.78 is 25.9. The molecule has 1 unspecified atom stereocenters. The number of hydrogen-bond acceptors (Lipinski definition) is 9. The number of aromatic nitrogens is 4. The van der Waals surface area contributed by atoms with E-state index in [2.05, 4.69) is 77.8 Å². The highest BCUT2D eigenvalue weighted by Gasteiger charge is 2.33. The molecule has 1 atom stereocenters. The summed E-state index contributed by atoms with van der Waals surface area (Å²) in [5.74, 6) is -0.0366. The molecule has 0 bridgehead atoms. The van der Waals surface area contributed by atoms with Gasteiger partial charge in [-0.15, -0.1) is 0 Å². The van der Waals surface area contributed by atoms with Crippen LogP contribution >= 0.6 is 0 Å². The fourth-order valence-corrected chi connectivity index (χ4v) is 7.34. The maximum atomic E-state index is 12.9. The average Bonchev–Trinajstić information content (AvgIpc) is 4.01. The summed E-state index contributed by atoms with van der Waals surface area (Å²) in [6.45, 7) is 9.25. The zero-order chi connectivity index (χ0) is 40.1. The van der Waals surface area contributed by atoms with Crippen molar-refractivity contribution in [2.45, 2.75) is 52.0 Å². The van der Waals surface area contributed by atoms with Crippen molar-refractivity contribution in [1.29, 1.82) is 0 Å². The second-order valence-electron chi connectivity index (χ2n) is 14.3. The van der Waals surface area contributed by atoms with Gasteiger partial charge in [0.1, 0.15) is 5.75 Å². The highest BCUT2D eigenvalue weighted by molar-refractivity contribution is 6.01. The van der Waals surface area contributed by atoms with Crippen LogP contribution in [0.2, 0.25) is 0 Å². The number of benzene rings is 3. The number of H-pyrrole nitrogens is 1. The monoisotopic (exact) mass is 791 g/mol. The maximum Gasteiger partial charge on any atom is 0.252 e. The molecule has 2 amide bonds. The number of imidazole rings is 1. The first-order valence-electron chi connectivity index (χ1n) is 20.1. The number of nitrogens with zero attached hydrogens (tertiary/aromatic N) is 3. The van der Waals surface area contributed by atoms with Gasteiger partial charge in [0, 0.05) is 84.8 Å². The molecule has 1 aliphatic heterocycles. The van der Waals surface area contributed by atoms with E-state index in [4.69, 9.17) is 18.9 Å². The van der Waals surface area contributed by atoms with Gasteiger partial charge in [0.15, 0.2) is 0 Å². The third-order valence-corrected chi connectivity index (χ3v) is 10.2. The van der Waals surface area contributed by atoms with Gasteiger partial charge in [0.25, 0.3) is 5.91 Å². The van der Waals surface area contributed by atoms with Crippen LogP contribution in [0.1, 0.15) is 64.2 Å². The van der Waals surface area contributed by atoms with Crippen LogP contribution in [0.3, 0.4) is 0 Å². The largest absolute Gasteiger partial charge is 0.508 e. The number of aromatic amines is 1. The van der Waals surface area contributed by atoms with E-state index in [0.717, 1.165) is 62.8 Å².